The first kappa shape index (κ1) is 19.4. The normalized spacial score (nSPS) is 13.4. The van der Waals surface area contributed by atoms with E-state index in [0.29, 0.717) is 5.92 Å². The lowest BCUT2D eigenvalue weighted by Crippen LogP contribution is -2.22. The molecule has 0 aromatic heterocycles. The summed E-state index contributed by atoms with van der Waals surface area (Å²) in [6.07, 6.45) is 1.22. The van der Waals surface area contributed by atoms with E-state index < -0.39 is 8.32 Å². The van der Waals surface area contributed by atoms with Crippen LogP contribution in [0.1, 0.15) is 58.1 Å². The second-order valence-corrected chi connectivity index (χ2v) is 12.1. The van der Waals surface area contributed by atoms with Gasteiger partial charge in [-0.15, -0.1) is 0 Å². The summed E-state index contributed by atoms with van der Waals surface area (Å²) in [4.78, 5) is 0. The zero-order valence-corrected chi connectivity index (χ0v) is 16.0. The van der Waals surface area contributed by atoms with E-state index in [-0.39, 0.29) is 5.41 Å². The van der Waals surface area contributed by atoms with Crippen molar-refractivity contribution in [3.05, 3.63) is 35.4 Å². The summed E-state index contributed by atoms with van der Waals surface area (Å²) < 4.78 is 5.08. The standard InChI is InChI=1S/C14H22.C4H12OSi/c1-6-11(2)12-7-9-13(10-8-12)14(3,4)5;1-5-6(2,3)4/h7-11H,6H2,1-5H3;1-4H3. The highest BCUT2D eigenvalue weighted by atomic mass is 28.4. The van der Waals surface area contributed by atoms with Crippen molar-refractivity contribution < 1.29 is 4.43 Å². The van der Waals surface area contributed by atoms with E-state index in [1.165, 1.54) is 17.5 Å². The SMILES string of the molecule is CCC(C)c1ccc(C(C)(C)C)cc1.CO[Si](C)(C)C. The van der Waals surface area contributed by atoms with Crippen LogP contribution >= 0.6 is 0 Å². The quantitative estimate of drug-likeness (QED) is 0.624. The van der Waals surface area contributed by atoms with Crippen LogP contribution < -0.4 is 0 Å². The minimum atomic E-state index is -1.13. The molecule has 0 saturated carbocycles. The molecule has 0 aliphatic rings. The lowest BCUT2D eigenvalue weighted by molar-refractivity contribution is 0.411. The summed E-state index contributed by atoms with van der Waals surface area (Å²) in [6.45, 7) is 17.8. The van der Waals surface area contributed by atoms with Gasteiger partial charge in [-0.3, -0.25) is 0 Å². The molecule has 1 aromatic carbocycles. The Balaban J connectivity index is 0.000000511. The van der Waals surface area contributed by atoms with Crippen LogP contribution in [-0.2, 0) is 9.84 Å². The maximum absolute atomic E-state index is 5.08. The van der Waals surface area contributed by atoms with Crippen LogP contribution in [0, 0.1) is 0 Å². The van der Waals surface area contributed by atoms with Gasteiger partial charge in [-0.05, 0) is 48.5 Å². The Hall–Kier alpha value is -0.603. The van der Waals surface area contributed by atoms with Crippen LogP contribution in [-0.4, -0.2) is 15.4 Å². The Morgan fingerprint density at radius 3 is 1.70 bits per heavy atom. The molecule has 1 unspecified atom stereocenters. The Kier molecular flexibility index (Phi) is 7.75. The molecule has 1 nitrogen and oxygen atoms in total. The molecule has 1 atom stereocenters. The van der Waals surface area contributed by atoms with E-state index >= 15 is 0 Å². The first-order chi connectivity index (χ1) is 9.01. The molecule has 0 aliphatic heterocycles. The summed E-state index contributed by atoms with van der Waals surface area (Å²) in [6, 6.07) is 9.08. The zero-order valence-electron chi connectivity index (χ0n) is 15.0. The van der Waals surface area contributed by atoms with Crippen molar-refractivity contribution in [2.24, 2.45) is 0 Å². The Bertz CT molecular complexity index is 368. The van der Waals surface area contributed by atoms with Crippen molar-refractivity contribution >= 4 is 8.32 Å². The molecule has 0 bridgehead atoms. The summed E-state index contributed by atoms with van der Waals surface area (Å²) in [5.74, 6) is 0.684. The summed E-state index contributed by atoms with van der Waals surface area (Å²) in [5.41, 5.74) is 3.15. The second-order valence-electron chi connectivity index (χ2n) is 7.50. The number of hydrogen-bond donors (Lipinski definition) is 0. The third kappa shape index (κ3) is 7.86. The topological polar surface area (TPSA) is 9.23 Å². The molecule has 0 saturated heterocycles. The fraction of sp³-hybridized carbons (Fsp3) is 0.667. The molecular weight excluding hydrogens is 260 g/mol. The van der Waals surface area contributed by atoms with Crippen molar-refractivity contribution in [2.75, 3.05) is 7.11 Å². The van der Waals surface area contributed by atoms with Crippen molar-refractivity contribution in [3.8, 4) is 0 Å². The molecule has 0 spiro atoms. The molecular formula is C18H34OSi. The third-order valence-electron chi connectivity index (χ3n) is 3.57. The minimum absolute atomic E-state index is 0.272. The van der Waals surface area contributed by atoms with Crippen LogP contribution in [0.3, 0.4) is 0 Å². The highest BCUT2D eigenvalue weighted by Gasteiger charge is 2.13. The van der Waals surface area contributed by atoms with Crippen molar-refractivity contribution in [1.82, 2.24) is 0 Å². The fourth-order valence-corrected chi connectivity index (χ4v) is 1.55. The van der Waals surface area contributed by atoms with Crippen LogP contribution in [0.15, 0.2) is 24.3 Å². The molecule has 20 heavy (non-hydrogen) atoms. The first-order valence-corrected chi connectivity index (χ1v) is 11.1. The molecule has 0 aliphatic carbocycles. The third-order valence-corrected chi connectivity index (χ3v) is 4.80. The number of hydrogen-bond acceptors (Lipinski definition) is 1. The van der Waals surface area contributed by atoms with E-state index in [4.69, 9.17) is 4.43 Å². The molecule has 1 aromatic rings. The van der Waals surface area contributed by atoms with Crippen molar-refractivity contribution in [3.63, 3.8) is 0 Å². The fourth-order valence-electron chi connectivity index (χ4n) is 1.55. The molecule has 0 N–H and O–H groups in total. The largest absolute Gasteiger partial charge is 0.421 e. The predicted octanol–water partition coefficient (Wildman–Crippen LogP) is 5.97. The molecule has 2 heteroatoms. The van der Waals surface area contributed by atoms with Gasteiger partial charge in [-0.25, -0.2) is 0 Å². The van der Waals surface area contributed by atoms with Gasteiger partial charge in [-0.2, -0.15) is 0 Å². The van der Waals surface area contributed by atoms with Crippen LogP contribution in [0.25, 0.3) is 0 Å². The van der Waals surface area contributed by atoms with Crippen molar-refractivity contribution in [1.29, 1.82) is 0 Å². The Morgan fingerprint density at radius 2 is 1.45 bits per heavy atom. The first-order valence-electron chi connectivity index (χ1n) is 7.67. The van der Waals surface area contributed by atoms with Crippen LogP contribution in [0.5, 0.6) is 0 Å². The zero-order chi connectivity index (χ0) is 16.0. The maximum atomic E-state index is 5.08. The van der Waals surface area contributed by atoms with E-state index in [9.17, 15) is 0 Å². The van der Waals surface area contributed by atoms with E-state index in [1.807, 2.05) is 0 Å². The van der Waals surface area contributed by atoms with Gasteiger partial charge in [0.1, 0.15) is 0 Å². The molecule has 0 radical (unpaired) electrons. The monoisotopic (exact) mass is 294 g/mol. The average molecular weight is 295 g/mol. The van der Waals surface area contributed by atoms with E-state index in [1.54, 1.807) is 7.11 Å². The number of rotatable bonds is 3. The average Bonchev–Trinajstić information content (AvgIpc) is 2.37. The van der Waals surface area contributed by atoms with Gasteiger partial charge >= 0.3 is 0 Å². The van der Waals surface area contributed by atoms with Crippen molar-refractivity contribution in [2.45, 2.75) is 72.0 Å². The highest BCUT2D eigenvalue weighted by molar-refractivity contribution is 6.69. The Morgan fingerprint density at radius 1 is 1.05 bits per heavy atom. The predicted molar refractivity (Wildman–Crippen MR) is 94.2 cm³/mol. The highest BCUT2D eigenvalue weighted by Crippen LogP contribution is 2.25. The summed E-state index contributed by atoms with van der Waals surface area (Å²) in [7, 11) is 0.639. The van der Waals surface area contributed by atoms with E-state index in [2.05, 4.69) is 78.5 Å². The molecule has 1 rings (SSSR count). The van der Waals surface area contributed by atoms with Gasteiger partial charge in [0.2, 0.25) is 0 Å². The molecule has 0 fully saturated rings. The lowest BCUT2D eigenvalue weighted by atomic mass is 9.85. The van der Waals surface area contributed by atoms with Gasteiger partial charge in [-0.1, -0.05) is 58.9 Å². The molecule has 0 heterocycles. The van der Waals surface area contributed by atoms with Gasteiger partial charge < -0.3 is 4.43 Å². The van der Waals surface area contributed by atoms with Gasteiger partial charge in [0.15, 0.2) is 8.32 Å². The second kappa shape index (κ2) is 7.99. The molecule has 0 amide bonds. The van der Waals surface area contributed by atoms with Crippen LogP contribution in [0.4, 0.5) is 0 Å². The van der Waals surface area contributed by atoms with Crippen LogP contribution in [0.2, 0.25) is 19.6 Å². The lowest BCUT2D eigenvalue weighted by Gasteiger charge is -2.20. The summed E-state index contributed by atoms with van der Waals surface area (Å²) >= 11 is 0. The number of benzene rings is 1. The van der Waals surface area contributed by atoms with Gasteiger partial charge in [0.05, 0.1) is 0 Å². The van der Waals surface area contributed by atoms with Gasteiger partial charge in [0, 0.05) is 7.11 Å². The molecule has 116 valence electrons. The smallest absolute Gasteiger partial charge is 0.183 e. The maximum Gasteiger partial charge on any atom is 0.183 e. The summed E-state index contributed by atoms with van der Waals surface area (Å²) in [5, 5.41) is 0. The Labute approximate surface area is 127 Å². The van der Waals surface area contributed by atoms with Gasteiger partial charge in [0.25, 0.3) is 0 Å². The van der Waals surface area contributed by atoms with E-state index in [0.717, 1.165) is 0 Å². The minimum Gasteiger partial charge on any atom is -0.421 e.